The molecule has 0 atom stereocenters. The highest BCUT2D eigenvalue weighted by Gasteiger charge is 2.31. The second-order valence-corrected chi connectivity index (χ2v) is 9.75. The first kappa shape index (κ1) is 18.7. The molecule has 1 saturated heterocycles. The summed E-state index contributed by atoms with van der Waals surface area (Å²) in [5, 5.41) is 0. The van der Waals surface area contributed by atoms with E-state index in [4.69, 9.17) is 0 Å². The molecule has 0 spiro atoms. The lowest BCUT2D eigenvalue weighted by atomic mass is 10.1. The van der Waals surface area contributed by atoms with Crippen LogP contribution in [0.5, 0.6) is 0 Å². The first-order valence-electron chi connectivity index (χ1n) is 9.12. The third-order valence-corrected chi connectivity index (χ3v) is 7.92. The van der Waals surface area contributed by atoms with Gasteiger partial charge in [-0.3, -0.25) is 4.79 Å². The number of hydrogen-bond donors (Lipinski definition) is 0. The van der Waals surface area contributed by atoms with E-state index in [1.54, 1.807) is 17.0 Å². The van der Waals surface area contributed by atoms with E-state index in [0.717, 1.165) is 29.3 Å². The zero-order valence-corrected chi connectivity index (χ0v) is 17.3. The number of halogens is 1. The molecule has 0 aromatic heterocycles. The van der Waals surface area contributed by atoms with Crippen LogP contribution in [0.3, 0.4) is 0 Å². The third-order valence-electron chi connectivity index (χ3n) is 5.34. The average Bonchev–Trinajstić information content (AvgIpc) is 3.16. The smallest absolute Gasteiger partial charge is 0.255 e. The lowest BCUT2D eigenvalue weighted by Gasteiger charge is -2.34. The number of carbonyl (C=O) groups excluding carboxylic acids is 1. The van der Waals surface area contributed by atoms with Gasteiger partial charge in [0.25, 0.3) is 5.91 Å². The van der Waals surface area contributed by atoms with Gasteiger partial charge >= 0.3 is 0 Å². The zero-order chi connectivity index (χ0) is 19.0. The number of hydrogen-bond acceptors (Lipinski definition) is 3. The summed E-state index contributed by atoms with van der Waals surface area (Å²) in [6.07, 6.45) is 3.08. The molecule has 0 saturated carbocycles. The maximum absolute atomic E-state index is 13.0. The van der Waals surface area contributed by atoms with E-state index in [0.29, 0.717) is 36.6 Å². The Balaban J connectivity index is 1.47. The van der Waals surface area contributed by atoms with Crippen LogP contribution in [0.1, 0.15) is 27.9 Å². The van der Waals surface area contributed by atoms with E-state index >= 15 is 0 Å². The maximum atomic E-state index is 13.0. The van der Waals surface area contributed by atoms with Crippen LogP contribution >= 0.6 is 15.9 Å². The highest BCUT2D eigenvalue weighted by Crippen LogP contribution is 2.27. The van der Waals surface area contributed by atoms with E-state index in [9.17, 15) is 13.2 Å². The molecule has 27 heavy (non-hydrogen) atoms. The van der Waals surface area contributed by atoms with Crippen molar-refractivity contribution >= 4 is 31.9 Å². The minimum Gasteiger partial charge on any atom is -0.336 e. The Labute approximate surface area is 168 Å². The van der Waals surface area contributed by atoms with Gasteiger partial charge in [-0.15, -0.1) is 0 Å². The summed E-state index contributed by atoms with van der Waals surface area (Å²) in [6, 6.07) is 12.8. The molecule has 0 bridgehead atoms. The normalized spacial score (nSPS) is 17.7. The molecule has 1 heterocycles. The largest absolute Gasteiger partial charge is 0.336 e. The Morgan fingerprint density at radius 1 is 0.926 bits per heavy atom. The standard InChI is InChI=1S/C20H21BrN2O3S/c21-19-7-2-1-6-18(19)20(24)22-10-12-23(13-11-22)27(25,26)17-9-8-15-4-3-5-16(15)14-17/h1-2,6-9,14H,3-5,10-13H2. The van der Waals surface area contributed by atoms with Crippen LogP contribution in [0.4, 0.5) is 0 Å². The zero-order valence-electron chi connectivity index (χ0n) is 14.9. The SMILES string of the molecule is O=C(c1ccccc1Br)N1CCN(S(=O)(=O)c2ccc3c(c2)CCC3)CC1. The molecule has 1 aliphatic heterocycles. The third kappa shape index (κ3) is 3.56. The molecule has 0 N–H and O–H groups in total. The van der Waals surface area contributed by atoms with Gasteiger partial charge in [-0.2, -0.15) is 4.31 Å². The number of piperazine rings is 1. The molecule has 4 rings (SSSR count). The fourth-order valence-corrected chi connectivity index (χ4v) is 5.72. The van der Waals surface area contributed by atoms with Crippen molar-refractivity contribution in [3.8, 4) is 0 Å². The fraction of sp³-hybridized carbons (Fsp3) is 0.350. The van der Waals surface area contributed by atoms with Gasteiger partial charge in [0.1, 0.15) is 0 Å². The van der Waals surface area contributed by atoms with E-state index in [1.165, 1.54) is 9.87 Å². The van der Waals surface area contributed by atoms with Gasteiger partial charge in [0.2, 0.25) is 10.0 Å². The molecule has 5 nitrogen and oxygen atoms in total. The summed E-state index contributed by atoms with van der Waals surface area (Å²) < 4.78 is 28.3. The van der Waals surface area contributed by atoms with Crippen molar-refractivity contribution in [1.29, 1.82) is 0 Å². The number of amides is 1. The summed E-state index contributed by atoms with van der Waals surface area (Å²) in [6.45, 7) is 1.42. The molecular weight excluding hydrogens is 428 g/mol. The molecule has 2 aromatic rings. The van der Waals surface area contributed by atoms with Crippen LogP contribution in [0.15, 0.2) is 51.8 Å². The number of benzene rings is 2. The number of aryl methyl sites for hydroxylation is 2. The van der Waals surface area contributed by atoms with Crippen LogP contribution < -0.4 is 0 Å². The van der Waals surface area contributed by atoms with Crippen molar-refractivity contribution in [2.24, 2.45) is 0 Å². The first-order valence-corrected chi connectivity index (χ1v) is 11.4. The Morgan fingerprint density at radius 3 is 2.37 bits per heavy atom. The molecule has 7 heteroatoms. The topological polar surface area (TPSA) is 57.7 Å². The maximum Gasteiger partial charge on any atom is 0.255 e. The van der Waals surface area contributed by atoms with E-state index < -0.39 is 10.0 Å². The molecular formula is C20H21BrN2O3S. The Morgan fingerprint density at radius 2 is 1.63 bits per heavy atom. The highest BCUT2D eigenvalue weighted by atomic mass is 79.9. The van der Waals surface area contributed by atoms with Crippen LogP contribution in [-0.4, -0.2) is 49.7 Å². The Hall–Kier alpha value is -1.70. The summed E-state index contributed by atoms with van der Waals surface area (Å²) in [5.74, 6) is -0.0722. The minimum atomic E-state index is -3.52. The van der Waals surface area contributed by atoms with Crippen LogP contribution in [0, 0.1) is 0 Å². The summed E-state index contributed by atoms with van der Waals surface area (Å²) in [7, 11) is -3.52. The minimum absolute atomic E-state index is 0.0722. The van der Waals surface area contributed by atoms with Gasteiger partial charge in [-0.25, -0.2) is 8.42 Å². The van der Waals surface area contributed by atoms with Gasteiger partial charge in [-0.05, 0) is 70.6 Å². The molecule has 142 valence electrons. The second kappa shape index (κ2) is 7.37. The molecule has 0 unspecified atom stereocenters. The van der Waals surface area contributed by atoms with Gasteiger partial charge in [0.05, 0.1) is 10.5 Å². The van der Waals surface area contributed by atoms with Crippen LogP contribution in [-0.2, 0) is 22.9 Å². The summed E-state index contributed by atoms with van der Waals surface area (Å²) >= 11 is 3.41. The predicted octanol–water partition coefficient (Wildman–Crippen LogP) is 3.08. The van der Waals surface area contributed by atoms with Crippen LogP contribution in [0.25, 0.3) is 0 Å². The average molecular weight is 449 g/mol. The molecule has 2 aliphatic rings. The van der Waals surface area contributed by atoms with E-state index in [-0.39, 0.29) is 5.91 Å². The highest BCUT2D eigenvalue weighted by molar-refractivity contribution is 9.10. The molecule has 1 amide bonds. The Kier molecular flexibility index (Phi) is 5.09. The number of sulfonamides is 1. The molecule has 0 radical (unpaired) electrons. The molecule has 1 aliphatic carbocycles. The Bertz CT molecular complexity index is 982. The summed E-state index contributed by atoms with van der Waals surface area (Å²) in [5.41, 5.74) is 3.02. The fourth-order valence-electron chi connectivity index (χ4n) is 3.79. The van der Waals surface area contributed by atoms with Gasteiger partial charge in [0.15, 0.2) is 0 Å². The van der Waals surface area contributed by atoms with Crippen molar-refractivity contribution in [3.05, 3.63) is 63.6 Å². The van der Waals surface area contributed by atoms with Gasteiger partial charge in [-0.1, -0.05) is 18.2 Å². The first-order chi connectivity index (χ1) is 13.0. The predicted molar refractivity (Wildman–Crippen MR) is 107 cm³/mol. The van der Waals surface area contributed by atoms with Crippen molar-refractivity contribution in [2.75, 3.05) is 26.2 Å². The molecule has 1 fully saturated rings. The number of rotatable bonds is 3. The van der Waals surface area contributed by atoms with Gasteiger partial charge in [0, 0.05) is 30.7 Å². The lowest BCUT2D eigenvalue weighted by molar-refractivity contribution is 0.0697. The van der Waals surface area contributed by atoms with Crippen molar-refractivity contribution in [2.45, 2.75) is 24.2 Å². The monoisotopic (exact) mass is 448 g/mol. The number of carbonyl (C=O) groups is 1. The number of nitrogens with zero attached hydrogens (tertiary/aromatic N) is 2. The number of fused-ring (bicyclic) bond motifs is 1. The van der Waals surface area contributed by atoms with Crippen molar-refractivity contribution in [1.82, 2.24) is 9.21 Å². The molecule has 2 aromatic carbocycles. The second-order valence-electron chi connectivity index (χ2n) is 6.96. The lowest BCUT2D eigenvalue weighted by Crippen LogP contribution is -2.50. The van der Waals surface area contributed by atoms with Crippen molar-refractivity contribution in [3.63, 3.8) is 0 Å². The quantitative estimate of drug-likeness (QED) is 0.724. The van der Waals surface area contributed by atoms with E-state index in [1.807, 2.05) is 30.3 Å². The summed E-state index contributed by atoms with van der Waals surface area (Å²) in [4.78, 5) is 14.8. The van der Waals surface area contributed by atoms with Crippen LogP contribution in [0.2, 0.25) is 0 Å². The van der Waals surface area contributed by atoms with E-state index in [2.05, 4.69) is 15.9 Å². The van der Waals surface area contributed by atoms with Crippen molar-refractivity contribution < 1.29 is 13.2 Å². The van der Waals surface area contributed by atoms with Gasteiger partial charge < -0.3 is 4.90 Å².